The molecule has 0 saturated heterocycles. The molecular formula is C12H13Br2ClO. The van der Waals surface area contributed by atoms with E-state index in [4.69, 9.17) is 11.6 Å². The summed E-state index contributed by atoms with van der Waals surface area (Å²) in [5, 5.41) is 0.706. The zero-order chi connectivity index (χ0) is 12.1. The minimum absolute atomic E-state index is 0.140. The number of rotatable bonds is 5. The van der Waals surface area contributed by atoms with E-state index in [9.17, 15) is 4.79 Å². The van der Waals surface area contributed by atoms with Crippen molar-refractivity contribution in [1.82, 2.24) is 0 Å². The van der Waals surface area contributed by atoms with E-state index < -0.39 is 0 Å². The molecule has 1 atom stereocenters. The first-order valence-corrected chi connectivity index (χ1v) is 7.24. The number of halogens is 3. The van der Waals surface area contributed by atoms with E-state index in [0.29, 0.717) is 17.9 Å². The van der Waals surface area contributed by atoms with Gasteiger partial charge in [0.15, 0.2) is 0 Å². The molecule has 0 aliphatic carbocycles. The summed E-state index contributed by atoms with van der Waals surface area (Å²) in [5.41, 5.74) is 0.988. The van der Waals surface area contributed by atoms with Crippen molar-refractivity contribution in [3.8, 4) is 0 Å². The van der Waals surface area contributed by atoms with E-state index in [0.717, 1.165) is 16.5 Å². The third-order valence-corrected chi connectivity index (χ3v) is 3.95. The van der Waals surface area contributed by atoms with Crippen LogP contribution in [-0.2, 0) is 11.2 Å². The molecule has 0 bridgehead atoms. The maximum absolute atomic E-state index is 11.6. The second-order valence-electron chi connectivity index (χ2n) is 3.62. The van der Waals surface area contributed by atoms with Gasteiger partial charge in [-0.2, -0.15) is 0 Å². The zero-order valence-electron chi connectivity index (χ0n) is 8.97. The molecule has 1 aromatic carbocycles. The van der Waals surface area contributed by atoms with Crippen LogP contribution in [-0.4, -0.2) is 10.6 Å². The van der Waals surface area contributed by atoms with Crippen LogP contribution in [0.3, 0.4) is 0 Å². The van der Waals surface area contributed by atoms with E-state index in [2.05, 4.69) is 31.9 Å². The second-order valence-corrected chi connectivity index (χ2v) is 6.05. The van der Waals surface area contributed by atoms with Gasteiger partial charge in [0, 0.05) is 15.9 Å². The molecule has 0 heterocycles. The Morgan fingerprint density at radius 1 is 1.50 bits per heavy atom. The van der Waals surface area contributed by atoms with E-state index in [-0.39, 0.29) is 10.6 Å². The number of ketones is 1. The summed E-state index contributed by atoms with van der Waals surface area (Å²) in [6.07, 6.45) is 2.13. The topological polar surface area (TPSA) is 17.1 Å². The molecule has 4 heteroatoms. The van der Waals surface area contributed by atoms with Gasteiger partial charge in [0.1, 0.15) is 5.78 Å². The summed E-state index contributed by atoms with van der Waals surface area (Å²) in [6, 6.07) is 5.68. The Kier molecular flexibility index (Phi) is 6.01. The molecule has 1 unspecified atom stereocenters. The van der Waals surface area contributed by atoms with Gasteiger partial charge in [0.25, 0.3) is 0 Å². The first-order chi connectivity index (χ1) is 7.54. The van der Waals surface area contributed by atoms with Gasteiger partial charge in [-0.3, -0.25) is 4.79 Å². The summed E-state index contributed by atoms with van der Waals surface area (Å²) in [4.78, 5) is 11.5. The van der Waals surface area contributed by atoms with Crippen LogP contribution in [0.1, 0.15) is 25.3 Å². The quantitative estimate of drug-likeness (QED) is 0.684. The van der Waals surface area contributed by atoms with E-state index in [1.54, 1.807) is 0 Å². The van der Waals surface area contributed by atoms with Gasteiger partial charge >= 0.3 is 0 Å². The molecule has 0 aromatic heterocycles. The zero-order valence-corrected chi connectivity index (χ0v) is 12.9. The van der Waals surface area contributed by atoms with E-state index >= 15 is 0 Å². The van der Waals surface area contributed by atoms with Crippen molar-refractivity contribution in [1.29, 1.82) is 0 Å². The predicted molar refractivity (Wildman–Crippen MR) is 75.5 cm³/mol. The Morgan fingerprint density at radius 2 is 2.19 bits per heavy atom. The van der Waals surface area contributed by atoms with E-state index in [1.807, 2.05) is 25.1 Å². The molecular weight excluding hydrogens is 355 g/mol. The summed E-state index contributed by atoms with van der Waals surface area (Å²) in [7, 11) is 0. The molecule has 1 rings (SSSR count). The Hall–Kier alpha value is 0.140. The fourth-order valence-corrected chi connectivity index (χ4v) is 2.59. The molecule has 0 saturated carbocycles. The summed E-state index contributed by atoms with van der Waals surface area (Å²) < 4.78 is 0.981. The molecule has 1 nitrogen and oxygen atoms in total. The van der Waals surface area contributed by atoms with Crippen molar-refractivity contribution in [2.45, 2.75) is 31.0 Å². The highest BCUT2D eigenvalue weighted by atomic mass is 79.9. The van der Waals surface area contributed by atoms with Gasteiger partial charge in [-0.25, -0.2) is 0 Å². The maximum atomic E-state index is 11.6. The van der Waals surface area contributed by atoms with E-state index in [1.165, 1.54) is 0 Å². The number of Topliss-reactive ketones (excluding diaryl/α,β-unsaturated/α-hetero) is 1. The monoisotopic (exact) mass is 366 g/mol. The lowest BCUT2D eigenvalue weighted by molar-refractivity contribution is -0.118. The third kappa shape index (κ3) is 4.19. The smallest absolute Gasteiger partial charge is 0.146 e. The normalized spacial score (nSPS) is 12.5. The Morgan fingerprint density at radius 3 is 2.81 bits per heavy atom. The minimum Gasteiger partial charge on any atom is -0.298 e. The summed E-state index contributed by atoms with van der Waals surface area (Å²) in [5.74, 6) is 0.235. The molecule has 1 aromatic rings. The second kappa shape index (κ2) is 6.77. The van der Waals surface area contributed by atoms with Crippen LogP contribution in [0.25, 0.3) is 0 Å². The first-order valence-electron chi connectivity index (χ1n) is 5.15. The largest absolute Gasteiger partial charge is 0.298 e. The number of alkyl halides is 1. The molecule has 0 aliphatic heterocycles. The summed E-state index contributed by atoms with van der Waals surface area (Å²) in [6.45, 7) is 2.00. The average Bonchev–Trinajstić information content (AvgIpc) is 2.23. The van der Waals surface area contributed by atoms with Crippen LogP contribution >= 0.6 is 43.5 Å². The van der Waals surface area contributed by atoms with Crippen molar-refractivity contribution in [3.05, 3.63) is 33.3 Å². The highest BCUT2D eigenvalue weighted by Gasteiger charge is 2.15. The van der Waals surface area contributed by atoms with Crippen molar-refractivity contribution in [2.24, 2.45) is 0 Å². The number of carbonyl (C=O) groups excluding carboxylic acids is 1. The molecule has 0 amide bonds. The van der Waals surface area contributed by atoms with Gasteiger partial charge in [0.2, 0.25) is 0 Å². The van der Waals surface area contributed by atoms with Crippen LogP contribution in [0.4, 0.5) is 0 Å². The Bertz CT molecular complexity index is 379. The molecule has 16 heavy (non-hydrogen) atoms. The molecule has 0 N–H and O–H groups in total. The van der Waals surface area contributed by atoms with Gasteiger partial charge < -0.3 is 0 Å². The van der Waals surface area contributed by atoms with Gasteiger partial charge in [-0.1, -0.05) is 50.4 Å². The highest BCUT2D eigenvalue weighted by molar-refractivity contribution is 9.10. The summed E-state index contributed by atoms with van der Waals surface area (Å²) >= 11 is 12.9. The Labute approximate surface area is 118 Å². The highest BCUT2D eigenvalue weighted by Crippen LogP contribution is 2.24. The predicted octanol–water partition coefficient (Wildman–Crippen LogP) is 4.78. The maximum Gasteiger partial charge on any atom is 0.146 e. The minimum atomic E-state index is -0.140. The van der Waals surface area contributed by atoms with Crippen LogP contribution in [0.2, 0.25) is 5.02 Å². The number of carbonyl (C=O) groups is 1. The van der Waals surface area contributed by atoms with Crippen LogP contribution in [0.5, 0.6) is 0 Å². The molecule has 0 radical (unpaired) electrons. The number of hydrogen-bond acceptors (Lipinski definition) is 1. The SMILES string of the molecule is CCCC(=O)C(Br)Cc1cc(Br)ccc1Cl. The number of benzene rings is 1. The lowest BCUT2D eigenvalue weighted by Crippen LogP contribution is -2.16. The van der Waals surface area contributed by atoms with Crippen molar-refractivity contribution in [3.63, 3.8) is 0 Å². The molecule has 0 spiro atoms. The van der Waals surface area contributed by atoms with Crippen molar-refractivity contribution in [2.75, 3.05) is 0 Å². The number of hydrogen-bond donors (Lipinski definition) is 0. The Balaban J connectivity index is 2.72. The molecule has 88 valence electrons. The lowest BCUT2D eigenvalue weighted by atomic mass is 10.1. The first kappa shape index (κ1) is 14.2. The van der Waals surface area contributed by atoms with Crippen molar-refractivity contribution < 1.29 is 4.79 Å². The van der Waals surface area contributed by atoms with Crippen LogP contribution < -0.4 is 0 Å². The standard InChI is InChI=1S/C12H13Br2ClO/c1-2-3-12(16)10(14)7-8-6-9(13)4-5-11(8)15/h4-6,10H,2-3,7H2,1H3. The third-order valence-electron chi connectivity index (χ3n) is 2.25. The van der Waals surface area contributed by atoms with Crippen LogP contribution in [0, 0.1) is 0 Å². The lowest BCUT2D eigenvalue weighted by Gasteiger charge is -2.10. The van der Waals surface area contributed by atoms with Crippen molar-refractivity contribution >= 4 is 49.2 Å². The van der Waals surface area contributed by atoms with Gasteiger partial charge in [0.05, 0.1) is 4.83 Å². The fraction of sp³-hybridized carbons (Fsp3) is 0.417. The average molecular weight is 368 g/mol. The molecule has 0 fully saturated rings. The van der Waals surface area contributed by atoms with Gasteiger partial charge in [-0.15, -0.1) is 0 Å². The van der Waals surface area contributed by atoms with Gasteiger partial charge in [-0.05, 0) is 36.6 Å². The fourth-order valence-electron chi connectivity index (χ4n) is 1.41. The van der Waals surface area contributed by atoms with Crippen LogP contribution in [0.15, 0.2) is 22.7 Å². The molecule has 0 aliphatic rings.